The van der Waals surface area contributed by atoms with E-state index in [-0.39, 0.29) is 5.15 Å². The molecule has 0 saturated heterocycles. The van der Waals surface area contributed by atoms with Crippen LogP contribution in [-0.2, 0) is 0 Å². The van der Waals surface area contributed by atoms with Gasteiger partial charge in [0.2, 0.25) is 0 Å². The molecule has 2 aromatic heterocycles. The standard InChI is InChI=1S/C8H6Cl2N4/c9-7-8(10)14(4-13-7)6-2-1-5(11)3-12-6/h1-4H,11H2. The quantitative estimate of drug-likeness (QED) is 0.814. The summed E-state index contributed by atoms with van der Waals surface area (Å²) in [5.41, 5.74) is 6.10. The molecule has 0 radical (unpaired) electrons. The van der Waals surface area contributed by atoms with Crippen LogP contribution in [0.1, 0.15) is 0 Å². The third-order valence-corrected chi connectivity index (χ3v) is 2.42. The van der Waals surface area contributed by atoms with Gasteiger partial charge in [-0.2, -0.15) is 0 Å². The maximum atomic E-state index is 5.88. The molecule has 0 bridgehead atoms. The van der Waals surface area contributed by atoms with Crippen molar-refractivity contribution < 1.29 is 0 Å². The molecule has 0 unspecified atom stereocenters. The number of nitrogen functional groups attached to an aromatic ring is 1. The zero-order valence-electron chi connectivity index (χ0n) is 6.98. The number of hydrogen-bond donors (Lipinski definition) is 1. The largest absolute Gasteiger partial charge is 0.397 e. The van der Waals surface area contributed by atoms with Crippen LogP contribution in [0.25, 0.3) is 5.82 Å². The minimum atomic E-state index is 0.255. The second kappa shape index (κ2) is 3.48. The summed E-state index contributed by atoms with van der Waals surface area (Å²) in [7, 11) is 0. The summed E-state index contributed by atoms with van der Waals surface area (Å²) in [4.78, 5) is 7.92. The van der Waals surface area contributed by atoms with Gasteiger partial charge in [0, 0.05) is 0 Å². The number of rotatable bonds is 1. The zero-order chi connectivity index (χ0) is 10.1. The maximum Gasteiger partial charge on any atom is 0.166 e. The van der Waals surface area contributed by atoms with E-state index in [1.54, 1.807) is 22.9 Å². The highest BCUT2D eigenvalue weighted by molar-refractivity contribution is 6.40. The molecule has 2 heterocycles. The number of nitrogens with zero attached hydrogens (tertiary/aromatic N) is 3. The molecule has 0 aliphatic carbocycles. The second-order valence-electron chi connectivity index (χ2n) is 2.65. The molecule has 2 rings (SSSR count). The molecule has 0 amide bonds. The van der Waals surface area contributed by atoms with E-state index in [4.69, 9.17) is 28.9 Å². The van der Waals surface area contributed by atoms with Crippen LogP contribution in [0.3, 0.4) is 0 Å². The predicted octanol–water partition coefficient (Wildman–Crippen LogP) is 2.16. The van der Waals surface area contributed by atoms with Crippen molar-refractivity contribution in [2.24, 2.45) is 0 Å². The summed E-state index contributed by atoms with van der Waals surface area (Å²) >= 11 is 11.6. The van der Waals surface area contributed by atoms with Crippen LogP contribution in [0.4, 0.5) is 5.69 Å². The van der Waals surface area contributed by atoms with E-state index in [1.165, 1.54) is 6.33 Å². The molecular weight excluding hydrogens is 223 g/mol. The van der Waals surface area contributed by atoms with Crippen molar-refractivity contribution in [3.8, 4) is 5.82 Å². The zero-order valence-corrected chi connectivity index (χ0v) is 8.50. The Labute approximate surface area is 90.3 Å². The monoisotopic (exact) mass is 228 g/mol. The van der Waals surface area contributed by atoms with E-state index in [0.717, 1.165) is 0 Å². The number of pyridine rings is 1. The highest BCUT2D eigenvalue weighted by Gasteiger charge is 2.07. The smallest absolute Gasteiger partial charge is 0.166 e. The summed E-state index contributed by atoms with van der Waals surface area (Å²) in [6.45, 7) is 0. The van der Waals surface area contributed by atoms with Crippen molar-refractivity contribution in [2.45, 2.75) is 0 Å². The van der Waals surface area contributed by atoms with Crippen LogP contribution in [0.2, 0.25) is 10.3 Å². The number of anilines is 1. The maximum absolute atomic E-state index is 5.88. The average Bonchev–Trinajstić information content (AvgIpc) is 2.50. The van der Waals surface area contributed by atoms with Crippen LogP contribution >= 0.6 is 23.2 Å². The van der Waals surface area contributed by atoms with Gasteiger partial charge in [-0.1, -0.05) is 23.2 Å². The Bertz CT molecular complexity index is 449. The van der Waals surface area contributed by atoms with Gasteiger partial charge in [0.1, 0.15) is 12.1 Å². The fourth-order valence-corrected chi connectivity index (χ4v) is 1.33. The molecule has 0 aliphatic rings. The van der Waals surface area contributed by atoms with E-state index in [0.29, 0.717) is 16.7 Å². The molecule has 2 aromatic rings. The highest BCUT2D eigenvalue weighted by Crippen LogP contribution is 2.22. The lowest BCUT2D eigenvalue weighted by molar-refractivity contribution is 0.995. The molecule has 0 fully saturated rings. The first-order valence-electron chi connectivity index (χ1n) is 3.79. The van der Waals surface area contributed by atoms with Crippen LogP contribution in [0.15, 0.2) is 24.7 Å². The van der Waals surface area contributed by atoms with E-state index in [1.807, 2.05) is 0 Å². The fraction of sp³-hybridized carbons (Fsp3) is 0. The van der Waals surface area contributed by atoms with E-state index in [2.05, 4.69) is 9.97 Å². The molecular formula is C8H6Cl2N4. The molecule has 4 nitrogen and oxygen atoms in total. The highest BCUT2D eigenvalue weighted by atomic mass is 35.5. The minimum Gasteiger partial charge on any atom is -0.397 e. The SMILES string of the molecule is Nc1ccc(-n2cnc(Cl)c2Cl)nc1. The number of imidazole rings is 1. The van der Waals surface area contributed by atoms with Crippen LogP contribution in [0.5, 0.6) is 0 Å². The number of hydrogen-bond acceptors (Lipinski definition) is 3. The van der Waals surface area contributed by atoms with E-state index < -0.39 is 0 Å². The number of nitrogens with two attached hydrogens (primary N) is 1. The van der Waals surface area contributed by atoms with Crippen LogP contribution in [0, 0.1) is 0 Å². The normalized spacial score (nSPS) is 10.4. The van der Waals surface area contributed by atoms with Crippen molar-refractivity contribution in [3.63, 3.8) is 0 Å². The van der Waals surface area contributed by atoms with Crippen LogP contribution in [-0.4, -0.2) is 14.5 Å². The van der Waals surface area contributed by atoms with Crippen molar-refractivity contribution in [1.82, 2.24) is 14.5 Å². The molecule has 0 spiro atoms. The van der Waals surface area contributed by atoms with Gasteiger partial charge in [0.15, 0.2) is 10.3 Å². The Balaban J connectivity index is 2.49. The number of aromatic nitrogens is 3. The van der Waals surface area contributed by atoms with Crippen molar-refractivity contribution in [2.75, 3.05) is 5.73 Å². The van der Waals surface area contributed by atoms with Crippen molar-refractivity contribution >= 4 is 28.9 Å². The van der Waals surface area contributed by atoms with Crippen LogP contribution < -0.4 is 5.73 Å². The summed E-state index contributed by atoms with van der Waals surface area (Å²) in [6, 6.07) is 3.46. The average molecular weight is 229 g/mol. The van der Waals surface area contributed by atoms with Crippen molar-refractivity contribution in [3.05, 3.63) is 35.0 Å². The summed E-state index contributed by atoms with van der Waals surface area (Å²) in [5, 5.41) is 0.592. The van der Waals surface area contributed by atoms with Gasteiger partial charge in [0.05, 0.1) is 11.9 Å². The summed E-state index contributed by atoms with van der Waals surface area (Å²) in [5.74, 6) is 0.628. The van der Waals surface area contributed by atoms with Gasteiger partial charge in [-0.3, -0.25) is 4.57 Å². The first-order chi connectivity index (χ1) is 6.68. The lowest BCUT2D eigenvalue weighted by atomic mass is 10.4. The Morgan fingerprint density at radius 2 is 2.00 bits per heavy atom. The van der Waals surface area contributed by atoms with E-state index >= 15 is 0 Å². The summed E-state index contributed by atoms with van der Waals surface area (Å²) < 4.78 is 1.57. The third-order valence-electron chi connectivity index (χ3n) is 1.69. The molecule has 0 aliphatic heterocycles. The Kier molecular flexibility index (Phi) is 2.31. The van der Waals surface area contributed by atoms with Gasteiger partial charge < -0.3 is 5.73 Å². The van der Waals surface area contributed by atoms with Gasteiger partial charge in [0.25, 0.3) is 0 Å². The van der Waals surface area contributed by atoms with Gasteiger partial charge >= 0.3 is 0 Å². The van der Waals surface area contributed by atoms with Gasteiger partial charge in [-0.15, -0.1) is 0 Å². The molecule has 72 valence electrons. The third kappa shape index (κ3) is 1.54. The lowest BCUT2D eigenvalue weighted by Gasteiger charge is -2.02. The minimum absolute atomic E-state index is 0.255. The van der Waals surface area contributed by atoms with E-state index in [9.17, 15) is 0 Å². The molecule has 0 aromatic carbocycles. The second-order valence-corrected chi connectivity index (χ2v) is 3.36. The molecule has 14 heavy (non-hydrogen) atoms. The molecule has 0 atom stereocenters. The lowest BCUT2D eigenvalue weighted by Crippen LogP contribution is -1.96. The first-order valence-corrected chi connectivity index (χ1v) is 4.54. The molecule has 6 heteroatoms. The van der Waals surface area contributed by atoms with Gasteiger partial charge in [-0.25, -0.2) is 9.97 Å². The Morgan fingerprint density at radius 3 is 2.50 bits per heavy atom. The fourth-order valence-electron chi connectivity index (χ4n) is 1.01. The molecule has 0 saturated carbocycles. The van der Waals surface area contributed by atoms with Gasteiger partial charge in [-0.05, 0) is 12.1 Å². The predicted molar refractivity (Wildman–Crippen MR) is 55.8 cm³/mol. The Morgan fingerprint density at radius 1 is 1.21 bits per heavy atom. The Hall–Kier alpha value is -1.26. The number of halogens is 2. The van der Waals surface area contributed by atoms with Crippen molar-refractivity contribution in [1.29, 1.82) is 0 Å². The topological polar surface area (TPSA) is 56.7 Å². The summed E-state index contributed by atoms with van der Waals surface area (Å²) in [6.07, 6.45) is 3.04. The first kappa shape index (κ1) is 9.30. The molecule has 2 N–H and O–H groups in total.